The zero-order valence-electron chi connectivity index (χ0n) is 17.6. The van der Waals surface area contributed by atoms with E-state index in [1.54, 1.807) is 12.1 Å². The van der Waals surface area contributed by atoms with Gasteiger partial charge >= 0.3 is 0 Å². The van der Waals surface area contributed by atoms with E-state index in [4.69, 9.17) is 34.8 Å². The summed E-state index contributed by atoms with van der Waals surface area (Å²) in [7, 11) is 3.83. The molecule has 0 saturated heterocycles. The van der Waals surface area contributed by atoms with E-state index in [-0.39, 0.29) is 10.5 Å². The van der Waals surface area contributed by atoms with Crippen LogP contribution in [0.4, 0.5) is 0 Å². The van der Waals surface area contributed by atoms with Gasteiger partial charge in [-0.3, -0.25) is 4.48 Å². The molecule has 0 aromatic heterocycles. The first kappa shape index (κ1) is 22.5. The molecule has 1 aliphatic carbocycles. The number of halogens is 3. The third-order valence-corrected chi connectivity index (χ3v) is 7.58. The Morgan fingerprint density at radius 2 is 1.61 bits per heavy atom. The summed E-state index contributed by atoms with van der Waals surface area (Å²) in [5.74, 6) is -1.10. The Morgan fingerprint density at radius 3 is 2.19 bits per heavy atom. The van der Waals surface area contributed by atoms with E-state index >= 15 is 0 Å². The average molecular weight is 480 g/mol. The van der Waals surface area contributed by atoms with Crippen molar-refractivity contribution in [3.8, 4) is 0 Å². The molecule has 7 heteroatoms. The Kier molecular flexibility index (Phi) is 6.28. The zero-order valence-corrected chi connectivity index (χ0v) is 19.8. The van der Waals surface area contributed by atoms with Crippen LogP contribution >= 0.6 is 34.8 Å². The molecule has 1 aliphatic heterocycles. The van der Waals surface area contributed by atoms with Gasteiger partial charge in [0.05, 0.1) is 23.7 Å². The minimum absolute atomic E-state index is 0.144. The van der Waals surface area contributed by atoms with Gasteiger partial charge in [0.2, 0.25) is 6.17 Å². The van der Waals surface area contributed by atoms with E-state index in [0.29, 0.717) is 15.1 Å². The lowest BCUT2D eigenvalue weighted by Crippen LogP contribution is -2.64. The first-order valence-corrected chi connectivity index (χ1v) is 11.6. The standard InChI is InChI=1S/C24H25Cl3N2O2/c1-28-21(15-8-10-16(25)11-9-15)22(19-13-12-17(26)14-20(19)27)29(2,23(28)24(30)31)18-6-4-3-5-7-18/h8-14,18,23H,3-7H2,1-2H3. The van der Waals surface area contributed by atoms with Crippen molar-refractivity contribution in [1.29, 1.82) is 0 Å². The highest BCUT2D eigenvalue weighted by Gasteiger charge is 2.55. The van der Waals surface area contributed by atoms with Crippen molar-refractivity contribution in [2.24, 2.45) is 0 Å². The molecule has 0 amide bonds. The average Bonchev–Trinajstić information content (AvgIpc) is 2.97. The van der Waals surface area contributed by atoms with Crippen molar-refractivity contribution in [3.05, 3.63) is 68.7 Å². The molecule has 4 rings (SSSR count). The summed E-state index contributed by atoms with van der Waals surface area (Å²) in [5, 5.41) is 14.2. The number of carbonyl (C=O) groups excluding carboxylic acids is 1. The lowest BCUT2D eigenvalue weighted by Gasteiger charge is -2.46. The number of quaternary nitrogens is 1. The number of carboxylic acid groups (broad SMARTS) is 1. The maximum Gasteiger partial charge on any atom is 0.210 e. The van der Waals surface area contributed by atoms with Crippen molar-refractivity contribution in [3.63, 3.8) is 0 Å². The van der Waals surface area contributed by atoms with Crippen LogP contribution in [0.3, 0.4) is 0 Å². The molecule has 2 unspecified atom stereocenters. The first-order chi connectivity index (χ1) is 14.7. The number of rotatable bonds is 4. The molecule has 164 valence electrons. The summed E-state index contributed by atoms with van der Waals surface area (Å²) >= 11 is 19.0. The Morgan fingerprint density at radius 1 is 1.00 bits per heavy atom. The van der Waals surface area contributed by atoms with Crippen molar-refractivity contribution in [1.82, 2.24) is 4.90 Å². The van der Waals surface area contributed by atoms with E-state index in [1.165, 1.54) is 6.42 Å². The number of hydrogen-bond donors (Lipinski definition) is 0. The molecule has 0 bridgehead atoms. The molecule has 2 atom stereocenters. The molecule has 0 N–H and O–H groups in total. The fraction of sp³-hybridized carbons (Fsp3) is 0.375. The van der Waals surface area contributed by atoms with Gasteiger partial charge in [-0.25, -0.2) is 0 Å². The third-order valence-electron chi connectivity index (χ3n) is 6.78. The first-order valence-electron chi connectivity index (χ1n) is 10.5. The lowest BCUT2D eigenvalue weighted by atomic mass is 9.90. The Labute approximate surface area is 198 Å². The van der Waals surface area contributed by atoms with Crippen molar-refractivity contribution in [2.75, 3.05) is 14.1 Å². The fourth-order valence-electron chi connectivity index (χ4n) is 5.39. The normalized spacial score (nSPS) is 24.7. The predicted octanol–water partition coefficient (Wildman–Crippen LogP) is 5.27. The number of nitrogens with zero attached hydrogens (tertiary/aromatic N) is 2. The molecule has 2 aromatic carbocycles. The van der Waals surface area contributed by atoms with Crippen LogP contribution in [0, 0.1) is 0 Å². The van der Waals surface area contributed by atoms with Crippen LogP contribution in [0.5, 0.6) is 0 Å². The molecule has 31 heavy (non-hydrogen) atoms. The third kappa shape index (κ3) is 3.84. The monoisotopic (exact) mass is 478 g/mol. The van der Waals surface area contributed by atoms with Gasteiger partial charge in [0, 0.05) is 22.7 Å². The van der Waals surface area contributed by atoms with Gasteiger partial charge in [-0.2, -0.15) is 0 Å². The highest BCUT2D eigenvalue weighted by atomic mass is 35.5. The van der Waals surface area contributed by atoms with Crippen molar-refractivity contribution < 1.29 is 14.4 Å². The molecule has 0 spiro atoms. The minimum Gasteiger partial charge on any atom is -0.542 e. The van der Waals surface area contributed by atoms with Gasteiger partial charge in [0.1, 0.15) is 11.7 Å². The number of hydrogen-bond acceptors (Lipinski definition) is 3. The van der Waals surface area contributed by atoms with E-state index in [1.807, 2.05) is 49.3 Å². The van der Waals surface area contributed by atoms with Crippen LogP contribution in [-0.4, -0.2) is 41.7 Å². The van der Waals surface area contributed by atoms with Crippen molar-refractivity contribution >= 4 is 52.2 Å². The van der Waals surface area contributed by atoms with Gasteiger partial charge in [0.25, 0.3) is 0 Å². The van der Waals surface area contributed by atoms with Crippen LogP contribution in [0.15, 0.2) is 42.5 Å². The number of carboxylic acids is 1. The van der Waals surface area contributed by atoms with Gasteiger partial charge in [-0.05, 0) is 56.0 Å². The number of likely N-dealkylation sites (N-methyl/N-ethyl adjacent to an activating group) is 2. The maximum atomic E-state index is 12.5. The number of benzene rings is 2. The second kappa shape index (κ2) is 8.67. The van der Waals surface area contributed by atoms with Gasteiger partial charge in [0.15, 0.2) is 5.70 Å². The van der Waals surface area contributed by atoms with Crippen LogP contribution in [0.25, 0.3) is 11.4 Å². The molecule has 0 radical (unpaired) electrons. The Bertz CT molecular complexity index is 1030. The van der Waals surface area contributed by atoms with E-state index < -0.39 is 12.1 Å². The molecule has 2 aliphatic rings. The summed E-state index contributed by atoms with van der Waals surface area (Å²) in [6, 6.07) is 13.0. The molecule has 1 heterocycles. The molecular weight excluding hydrogens is 455 g/mol. The molecular formula is C24H25Cl3N2O2. The van der Waals surface area contributed by atoms with Gasteiger partial charge < -0.3 is 14.8 Å². The predicted molar refractivity (Wildman–Crippen MR) is 124 cm³/mol. The molecule has 2 aromatic rings. The summed E-state index contributed by atoms with van der Waals surface area (Å²) < 4.78 is 0.220. The van der Waals surface area contributed by atoms with Crippen LogP contribution in [0.2, 0.25) is 15.1 Å². The highest BCUT2D eigenvalue weighted by molar-refractivity contribution is 6.36. The summed E-state index contributed by atoms with van der Waals surface area (Å²) in [4.78, 5) is 14.4. The second-order valence-corrected chi connectivity index (χ2v) is 9.85. The SMILES string of the molecule is CN1C(c2ccc(Cl)cc2)=C(c2ccc(Cl)cc2Cl)[N+](C)(C2CCCCC2)C1C(=O)[O-]. The zero-order chi connectivity index (χ0) is 22.3. The van der Waals surface area contributed by atoms with Gasteiger partial charge in [-0.1, -0.05) is 53.4 Å². The van der Waals surface area contributed by atoms with E-state index in [9.17, 15) is 9.90 Å². The summed E-state index contributed by atoms with van der Waals surface area (Å²) in [6.45, 7) is 0. The quantitative estimate of drug-likeness (QED) is 0.561. The Balaban J connectivity index is 2.03. The fourth-order valence-corrected chi connectivity index (χ4v) is 6.02. The second-order valence-electron chi connectivity index (χ2n) is 8.57. The van der Waals surface area contributed by atoms with Crippen LogP contribution in [0.1, 0.15) is 43.2 Å². The summed E-state index contributed by atoms with van der Waals surface area (Å²) in [6.07, 6.45) is 4.39. The smallest absolute Gasteiger partial charge is 0.210 e. The minimum atomic E-state index is -1.10. The van der Waals surface area contributed by atoms with Crippen LogP contribution < -0.4 is 5.11 Å². The molecule has 1 fully saturated rings. The van der Waals surface area contributed by atoms with Crippen molar-refractivity contribution in [2.45, 2.75) is 44.3 Å². The maximum absolute atomic E-state index is 12.5. The topological polar surface area (TPSA) is 43.4 Å². The number of aliphatic carboxylic acids is 1. The molecule has 1 saturated carbocycles. The van der Waals surface area contributed by atoms with Crippen LogP contribution in [-0.2, 0) is 4.79 Å². The van der Waals surface area contributed by atoms with E-state index in [2.05, 4.69) is 0 Å². The summed E-state index contributed by atoms with van der Waals surface area (Å²) in [5.41, 5.74) is 3.38. The number of carbonyl (C=O) groups is 1. The molecule has 4 nitrogen and oxygen atoms in total. The largest absolute Gasteiger partial charge is 0.542 e. The Hall–Kier alpha value is -1.72. The van der Waals surface area contributed by atoms with Gasteiger partial charge in [-0.15, -0.1) is 0 Å². The lowest BCUT2D eigenvalue weighted by molar-refractivity contribution is -0.889. The van der Waals surface area contributed by atoms with E-state index in [0.717, 1.165) is 48.2 Å². The highest BCUT2D eigenvalue weighted by Crippen LogP contribution is 2.50.